The van der Waals surface area contributed by atoms with Gasteiger partial charge in [0.1, 0.15) is 0 Å². The van der Waals surface area contributed by atoms with Crippen LogP contribution in [-0.4, -0.2) is 50.4 Å². The summed E-state index contributed by atoms with van der Waals surface area (Å²) in [5, 5.41) is 11.4. The van der Waals surface area contributed by atoms with E-state index in [4.69, 9.17) is 4.74 Å². The highest BCUT2D eigenvalue weighted by Gasteiger charge is 2.31. The Morgan fingerprint density at radius 1 is 1.21 bits per heavy atom. The number of hydrogen-bond donors (Lipinski definition) is 0. The SMILES string of the molecule is C[C@@H]1CN(Cc2nnnn2-c2cccc(C(F)(F)F)c2)C[C@H](C)O1. The van der Waals surface area contributed by atoms with Crippen LogP contribution in [0.15, 0.2) is 24.3 Å². The summed E-state index contributed by atoms with van der Waals surface area (Å²) in [6.45, 7) is 5.86. The van der Waals surface area contributed by atoms with E-state index in [1.807, 2.05) is 13.8 Å². The van der Waals surface area contributed by atoms with E-state index in [9.17, 15) is 13.2 Å². The highest BCUT2D eigenvalue weighted by Crippen LogP contribution is 2.30. The topological polar surface area (TPSA) is 56.1 Å². The molecule has 9 heteroatoms. The molecule has 0 unspecified atom stereocenters. The van der Waals surface area contributed by atoms with Gasteiger partial charge in [0.25, 0.3) is 0 Å². The number of benzene rings is 1. The fourth-order valence-electron chi connectivity index (χ4n) is 2.93. The molecule has 0 amide bonds. The van der Waals surface area contributed by atoms with Gasteiger partial charge in [-0.05, 0) is 42.5 Å². The third-order valence-corrected chi connectivity index (χ3v) is 3.81. The summed E-state index contributed by atoms with van der Waals surface area (Å²) in [5.74, 6) is 0.496. The van der Waals surface area contributed by atoms with Gasteiger partial charge in [-0.1, -0.05) is 6.07 Å². The lowest BCUT2D eigenvalue weighted by Gasteiger charge is -2.34. The summed E-state index contributed by atoms with van der Waals surface area (Å²) in [4.78, 5) is 2.13. The number of halogens is 3. The number of rotatable bonds is 3. The van der Waals surface area contributed by atoms with E-state index in [0.717, 1.165) is 25.2 Å². The van der Waals surface area contributed by atoms with E-state index in [2.05, 4.69) is 20.4 Å². The number of hydrogen-bond acceptors (Lipinski definition) is 5. The van der Waals surface area contributed by atoms with Gasteiger partial charge in [-0.25, -0.2) is 0 Å². The van der Waals surface area contributed by atoms with Crippen molar-refractivity contribution < 1.29 is 17.9 Å². The lowest BCUT2D eigenvalue weighted by Crippen LogP contribution is -2.45. The standard InChI is InChI=1S/C15H18F3N5O/c1-10-7-22(8-11(2)24-10)9-14-19-20-21-23(14)13-5-3-4-12(6-13)15(16,17)18/h3-6,10-11H,7-9H2,1-2H3/t10-,11+. The van der Waals surface area contributed by atoms with Gasteiger partial charge in [0.05, 0.1) is 30.0 Å². The highest BCUT2D eigenvalue weighted by atomic mass is 19.4. The molecule has 1 saturated heterocycles. The number of tetrazole rings is 1. The molecule has 0 aliphatic carbocycles. The van der Waals surface area contributed by atoms with Gasteiger partial charge >= 0.3 is 6.18 Å². The molecule has 0 saturated carbocycles. The molecule has 0 bridgehead atoms. The summed E-state index contributed by atoms with van der Waals surface area (Å²) >= 11 is 0. The van der Waals surface area contributed by atoms with E-state index in [-0.39, 0.29) is 12.2 Å². The Labute approximate surface area is 137 Å². The van der Waals surface area contributed by atoms with Crippen molar-refractivity contribution in [3.63, 3.8) is 0 Å². The van der Waals surface area contributed by atoms with Crippen LogP contribution in [0.3, 0.4) is 0 Å². The molecule has 1 aliphatic heterocycles. The molecule has 130 valence electrons. The van der Waals surface area contributed by atoms with E-state index in [0.29, 0.717) is 18.1 Å². The Morgan fingerprint density at radius 3 is 2.58 bits per heavy atom. The molecule has 24 heavy (non-hydrogen) atoms. The first-order valence-corrected chi connectivity index (χ1v) is 7.65. The number of aromatic nitrogens is 4. The van der Waals surface area contributed by atoms with E-state index < -0.39 is 11.7 Å². The highest BCUT2D eigenvalue weighted by molar-refractivity contribution is 5.36. The minimum atomic E-state index is -4.40. The first-order valence-electron chi connectivity index (χ1n) is 7.65. The van der Waals surface area contributed by atoms with Crippen molar-refractivity contribution in [3.05, 3.63) is 35.7 Å². The molecule has 1 fully saturated rings. The van der Waals surface area contributed by atoms with Crippen molar-refractivity contribution in [3.8, 4) is 5.69 Å². The quantitative estimate of drug-likeness (QED) is 0.857. The van der Waals surface area contributed by atoms with Gasteiger partial charge in [-0.2, -0.15) is 17.9 Å². The Hall–Kier alpha value is -2.00. The molecule has 0 spiro atoms. The summed E-state index contributed by atoms with van der Waals surface area (Å²) in [5.41, 5.74) is -0.436. The largest absolute Gasteiger partial charge is 0.416 e. The maximum Gasteiger partial charge on any atom is 0.416 e. The maximum atomic E-state index is 12.9. The fraction of sp³-hybridized carbons (Fsp3) is 0.533. The fourth-order valence-corrected chi connectivity index (χ4v) is 2.93. The van der Waals surface area contributed by atoms with Crippen molar-refractivity contribution in [1.82, 2.24) is 25.1 Å². The summed E-state index contributed by atoms with van der Waals surface area (Å²) in [6.07, 6.45) is -4.22. The van der Waals surface area contributed by atoms with E-state index in [1.54, 1.807) is 6.07 Å². The zero-order chi connectivity index (χ0) is 17.3. The average Bonchev–Trinajstić information content (AvgIpc) is 2.93. The summed E-state index contributed by atoms with van der Waals surface area (Å²) < 4.78 is 45.7. The first-order chi connectivity index (χ1) is 11.3. The van der Waals surface area contributed by atoms with Gasteiger partial charge in [-0.15, -0.1) is 5.10 Å². The van der Waals surface area contributed by atoms with Crippen LogP contribution >= 0.6 is 0 Å². The molecule has 0 radical (unpaired) electrons. The molecule has 2 aromatic rings. The van der Waals surface area contributed by atoms with Crippen LogP contribution in [0.25, 0.3) is 5.69 Å². The van der Waals surface area contributed by atoms with Crippen LogP contribution < -0.4 is 0 Å². The number of alkyl halides is 3. The van der Waals surface area contributed by atoms with Crippen LogP contribution in [0.1, 0.15) is 25.2 Å². The minimum absolute atomic E-state index is 0.0895. The summed E-state index contributed by atoms with van der Waals surface area (Å²) in [7, 11) is 0. The lowest BCUT2D eigenvalue weighted by molar-refractivity contribution is -0.137. The van der Waals surface area contributed by atoms with Gasteiger partial charge in [0, 0.05) is 13.1 Å². The smallest absolute Gasteiger partial charge is 0.373 e. The number of morpholine rings is 1. The Kier molecular flexibility index (Phi) is 4.55. The van der Waals surface area contributed by atoms with Crippen LogP contribution in [-0.2, 0) is 17.5 Å². The molecule has 1 aromatic heterocycles. The lowest BCUT2D eigenvalue weighted by atomic mass is 10.2. The number of nitrogens with zero attached hydrogens (tertiary/aromatic N) is 5. The van der Waals surface area contributed by atoms with Gasteiger partial charge in [-0.3, -0.25) is 4.90 Å². The summed E-state index contributed by atoms with van der Waals surface area (Å²) in [6, 6.07) is 4.98. The molecule has 6 nitrogen and oxygen atoms in total. The van der Waals surface area contributed by atoms with Gasteiger partial charge in [0.15, 0.2) is 5.82 Å². The van der Waals surface area contributed by atoms with Crippen molar-refractivity contribution in [1.29, 1.82) is 0 Å². The molecule has 1 aromatic carbocycles. The van der Waals surface area contributed by atoms with Gasteiger partial charge < -0.3 is 4.74 Å². The van der Waals surface area contributed by atoms with Crippen LogP contribution in [0, 0.1) is 0 Å². The van der Waals surface area contributed by atoms with Crippen molar-refractivity contribution in [2.24, 2.45) is 0 Å². The van der Waals surface area contributed by atoms with Crippen LogP contribution in [0.2, 0.25) is 0 Å². The first kappa shape index (κ1) is 16.8. The van der Waals surface area contributed by atoms with Crippen LogP contribution in [0.5, 0.6) is 0 Å². The van der Waals surface area contributed by atoms with E-state index >= 15 is 0 Å². The van der Waals surface area contributed by atoms with Crippen molar-refractivity contribution in [2.45, 2.75) is 38.8 Å². The predicted molar refractivity (Wildman–Crippen MR) is 79.4 cm³/mol. The second kappa shape index (κ2) is 6.48. The van der Waals surface area contributed by atoms with Crippen LogP contribution in [0.4, 0.5) is 13.2 Å². The molecular weight excluding hydrogens is 323 g/mol. The second-order valence-electron chi connectivity index (χ2n) is 6.01. The third kappa shape index (κ3) is 3.73. The zero-order valence-electron chi connectivity index (χ0n) is 13.4. The Balaban J connectivity index is 1.83. The Morgan fingerprint density at radius 2 is 1.92 bits per heavy atom. The second-order valence-corrected chi connectivity index (χ2v) is 6.01. The monoisotopic (exact) mass is 341 g/mol. The molecular formula is C15H18F3N5O. The molecule has 3 rings (SSSR count). The predicted octanol–water partition coefficient (Wildman–Crippen LogP) is 2.29. The third-order valence-electron chi connectivity index (χ3n) is 3.81. The maximum absolute atomic E-state index is 12.9. The molecule has 0 N–H and O–H groups in total. The van der Waals surface area contributed by atoms with Gasteiger partial charge in [0.2, 0.25) is 0 Å². The van der Waals surface area contributed by atoms with E-state index in [1.165, 1.54) is 10.7 Å². The Bertz CT molecular complexity index is 692. The molecule has 2 heterocycles. The average molecular weight is 341 g/mol. The van der Waals surface area contributed by atoms with Crippen molar-refractivity contribution in [2.75, 3.05) is 13.1 Å². The minimum Gasteiger partial charge on any atom is -0.373 e. The molecule has 2 atom stereocenters. The molecule has 1 aliphatic rings. The number of ether oxygens (including phenoxy) is 1. The normalized spacial score (nSPS) is 22.7. The van der Waals surface area contributed by atoms with Crippen molar-refractivity contribution >= 4 is 0 Å². The zero-order valence-corrected chi connectivity index (χ0v) is 13.4.